The Hall–Kier alpha value is -1.39. The van der Waals surface area contributed by atoms with E-state index in [-0.39, 0.29) is 18.1 Å². The fraction of sp³-hybridized carbons (Fsp3) is 0.632. The van der Waals surface area contributed by atoms with Crippen LogP contribution >= 0.6 is 0 Å². The standard InChI is InChI=1S/C19H28N2O2/c22-17-9-4-8-16(12-17)13-20-19(23)18-10-5-11-21(18)14-15-6-2-1-3-7-15/h1-3,6-7,16-18,22H,4-5,8-14H2,(H,20,23)/t16-,17-,18-/m1/s1. The molecule has 1 amide bonds. The molecule has 2 fully saturated rings. The molecular formula is C19H28N2O2. The smallest absolute Gasteiger partial charge is 0.237 e. The number of likely N-dealkylation sites (tertiary alicyclic amines) is 1. The van der Waals surface area contributed by atoms with Crippen LogP contribution in [-0.4, -0.2) is 41.1 Å². The Morgan fingerprint density at radius 2 is 2.00 bits per heavy atom. The average Bonchev–Trinajstić information content (AvgIpc) is 3.02. The Morgan fingerprint density at radius 1 is 1.17 bits per heavy atom. The molecule has 0 aromatic heterocycles. The summed E-state index contributed by atoms with van der Waals surface area (Å²) in [5.74, 6) is 0.602. The van der Waals surface area contributed by atoms with Crippen molar-refractivity contribution in [2.45, 2.75) is 57.2 Å². The Kier molecular flexibility index (Phi) is 5.68. The maximum Gasteiger partial charge on any atom is 0.237 e. The lowest BCUT2D eigenvalue weighted by atomic mass is 9.87. The van der Waals surface area contributed by atoms with E-state index < -0.39 is 0 Å². The van der Waals surface area contributed by atoms with Crippen molar-refractivity contribution in [1.29, 1.82) is 0 Å². The first-order chi connectivity index (χ1) is 11.2. The predicted molar refractivity (Wildman–Crippen MR) is 90.8 cm³/mol. The molecule has 1 aliphatic carbocycles. The number of rotatable bonds is 5. The summed E-state index contributed by atoms with van der Waals surface area (Å²) in [6.07, 6.45) is 5.81. The predicted octanol–water partition coefficient (Wildman–Crippen LogP) is 2.32. The van der Waals surface area contributed by atoms with Gasteiger partial charge in [-0.15, -0.1) is 0 Å². The number of benzene rings is 1. The molecule has 1 heterocycles. The van der Waals surface area contributed by atoms with E-state index in [1.54, 1.807) is 0 Å². The fourth-order valence-electron chi connectivity index (χ4n) is 3.94. The van der Waals surface area contributed by atoms with Gasteiger partial charge in [-0.2, -0.15) is 0 Å². The van der Waals surface area contributed by atoms with Crippen molar-refractivity contribution in [2.24, 2.45) is 5.92 Å². The highest BCUT2D eigenvalue weighted by Crippen LogP contribution is 2.24. The van der Waals surface area contributed by atoms with Crippen molar-refractivity contribution in [3.63, 3.8) is 0 Å². The molecule has 1 aromatic carbocycles. The van der Waals surface area contributed by atoms with Crippen molar-refractivity contribution < 1.29 is 9.90 Å². The van der Waals surface area contributed by atoms with Crippen LogP contribution < -0.4 is 5.32 Å². The summed E-state index contributed by atoms with van der Waals surface area (Å²) < 4.78 is 0. The van der Waals surface area contributed by atoms with Crippen LogP contribution in [0.1, 0.15) is 44.1 Å². The minimum Gasteiger partial charge on any atom is -0.393 e. The number of nitrogens with zero attached hydrogens (tertiary/aromatic N) is 1. The monoisotopic (exact) mass is 316 g/mol. The second kappa shape index (κ2) is 7.93. The van der Waals surface area contributed by atoms with E-state index in [0.717, 1.165) is 51.6 Å². The molecule has 0 unspecified atom stereocenters. The summed E-state index contributed by atoms with van der Waals surface area (Å²) >= 11 is 0. The number of carbonyl (C=O) groups excluding carboxylic acids is 1. The molecule has 4 nitrogen and oxygen atoms in total. The van der Waals surface area contributed by atoms with E-state index in [1.807, 2.05) is 6.07 Å². The molecule has 1 aromatic rings. The summed E-state index contributed by atoms with van der Waals surface area (Å²) in [4.78, 5) is 14.8. The molecule has 0 spiro atoms. The van der Waals surface area contributed by atoms with Gasteiger partial charge in [0.25, 0.3) is 0 Å². The first-order valence-corrected chi connectivity index (χ1v) is 8.96. The molecule has 1 aliphatic heterocycles. The molecule has 2 N–H and O–H groups in total. The minimum atomic E-state index is -0.174. The van der Waals surface area contributed by atoms with Crippen molar-refractivity contribution in [3.05, 3.63) is 35.9 Å². The molecule has 126 valence electrons. The number of nitrogens with one attached hydrogen (secondary N) is 1. The number of carbonyl (C=O) groups is 1. The van der Waals surface area contributed by atoms with Gasteiger partial charge in [-0.05, 0) is 50.1 Å². The lowest BCUT2D eigenvalue weighted by Gasteiger charge is -2.28. The highest BCUT2D eigenvalue weighted by atomic mass is 16.3. The summed E-state index contributed by atoms with van der Waals surface area (Å²) in [6.45, 7) is 2.56. The lowest BCUT2D eigenvalue weighted by Crippen LogP contribution is -2.44. The van der Waals surface area contributed by atoms with Crippen LogP contribution in [0.2, 0.25) is 0 Å². The van der Waals surface area contributed by atoms with Crippen LogP contribution in [0.4, 0.5) is 0 Å². The third kappa shape index (κ3) is 4.55. The second-order valence-corrected chi connectivity index (χ2v) is 7.05. The number of hydrogen-bond donors (Lipinski definition) is 2. The van der Waals surface area contributed by atoms with E-state index in [1.165, 1.54) is 5.56 Å². The van der Waals surface area contributed by atoms with Crippen molar-refractivity contribution in [3.8, 4) is 0 Å². The van der Waals surface area contributed by atoms with Gasteiger partial charge in [0.2, 0.25) is 5.91 Å². The molecule has 1 saturated carbocycles. The van der Waals surface area contributed by atoms with Gasteiger partial charge in [-0.1, -0.05) is 36.8 Å². The second-order valence-electron chi connectivity index (χ2n) is 7.05. The van der Waals surface area contributed by atoms with Crippen molar-refractivity contribution in [1.82, 2.24) is 10.2 Å². The van der Waals surface area contributed by atoms with Gasteiger partial charge in [0, 0.05) is 13.1 Å². The quantitative estimate of drug-likeness (QED) is 0.876. The SMILES string of the molecule is O=C(NC[C@@H]1CCC[C@@H](O)C1)[C@H]1CCCN1Cc1ccccc1. The molecule has 2 aliphatic rings. The van der Waals surface area contributed by atoms with Crippen LogP contribution in [0.25, 0.3) is 0 Å². The zero-order chi connectivity index (χ0) is 16.1. The molecule has 1 saturated heterocycles. The molecule has 3 rings (SSSR count). The zero-order valence-corrected chi connectivity index (χ0v) is 13.8. The highest BCUT2D eigenvalue weighted by molar-refractivity contribution is 5.82. The third-order valence-electron chi connectivity index (χ3n) is 5.21. The Morgan fingerprint density at radius 3 is 2.78 bits per heavy atom. The Bertz CT molecular complexity index is 505. The Labute approximate surface area is 138 Å². The van der Waals surface area contributed by atoms with Gasteiger partial charge < -0.3 is 10.4 Å². The molecule has 0 bridgehead atoms. The van der Waals surface area contributed by atoms with Crippen LogP contribution in [0, 0.1) is 5.92 Å². The first-order valence-electron chi connectivity index (χ1n) is 8.96. The van der Waals surface area contributed by atoms with Gasteiger partial charge in [0.1, 0.15) is 0 Å². The van der Waals surface area contributed by atoms with E-state index in [9.17, 15) is 9.90 Å². The topological polar surface area (TPSA) is 52.6 Å². The zero-order valence-electron chi connectivity index (χ0n) is 13.8. The molecular weight excluding hydrogens is 288 g/mol. The lowest BCUT2D eigenvalue weighted by molar-refractivity contribution is -0.126. The van der Waals surface area contributed by atoms with Crippen LogP contribution in [-0.2, 0) is 11.3 Å². The summed E-state index contributed by atoms with van der Waals surface area (Å²) in [5, 5.41) is 12.9. The summed E-state index contributed by atoms with van der Waals surface area (Å²) in [7, 11) is 0. The Balaban J connectivity index is 1.49. The van der Waals surface area contributed by atoms with Crippen molar-refractivity contribution >= 4 is 5.91 Å². The van der Waals surface area contributed by atoms with E-state index in [2.05, 4.69) is 34.5 Å². The van der Waals surface area contributed by atoms with Gasteiger partial charge in [-0.3, -0.25) is 9.69 Å². The summed E-state index contributed by atoms with van der Waals surface area (Å²) in [5.41, 5.74) is 1.27. The van der Waals surface area contributed by atoms with Gasteiger partial charge in [-0.25, -0.2) is 0 Å². The minimum absolute atomic E-state index is 0.00344. The van der Waals surface area contributed by atoms with Crippen LogP contribution in [0.3, 0.4) is 0 Å². The van der Waals surface area contributed by atoms with E-state index >= 15 is 0 Å². The van der Waals surface area contributed by atoms with Gasteiger partial charge in [0.05, 0.1) is 12.1 Å². The average molecular weight is 316 g/mol. The van der Waals surface area contributed by atoms with E-state index in [0.29, 0.717) is 12.5 Å². The molecule has 0 radical (unpaired) electrons. The highest BCUT2D eigenvalue weighted by Gasteiger charge is 2.31. The first kappa shape index (κ1) is 16.5. The molecule has 23 heavy (non-hydrogen) atoms. The van der Waals surface area contributed by atoms with E-state index in [4.69, 9.17) is 0 Å². The third-order valence-corrected chi connectivity index (χ3v) is 5.21. The number of aliphatic hydroxyl groups excluding tert-OH is 1. The van der Waals surface area contributed by atoms with Gasteiger partial charge in [0.15, 0.2) is 0 Å². The number of hydrogen-bond acceptors (Lipinski definition) is 3. The normalized spacial score (nSPS) is 28.7. The molecule has 3 atom stereocenters. The van der Waals surface area contributed by atoms with Crippen LogP contribution in [0.5, 0.6) is 0 Å². The van der Waals surface area contributed by atoms with Gasteiger partial charge >= 0.3 is 0 Å². The van der Waals surface area contributed by atoms with Crippen LogP contribution in [0.15, 0.2) is 30.3 Å². The maximum atomic E-state index is 12.6. The van der Waals surface area contributed by atoms with Crippen molar-refractivity contribution in [2.75, 3.05) is 13.1 Å². The largest absolute Gasteiger partial charge is 0.393 e. The fourth-order valence-corrected chi connectivity index (χ4v) is 3.94. The maximum absolute atomic E-state index is 12.6. The number of aliphatic hydroxyl groups is 1. The summed E-state index contributed by atoms with van der Waals surface area (Å²) in [6, 6.07) is 10.4. The number of amides is 1. The molecule has 4 heteroatoms.